The van der Waals surface area contributed by atoms with Crippen LogP contribution in [0.15, 0.2) is 54.9 Å². The van der Waals surface area contributed by atoms with E-state index in [1.165, 1.54) is 4.20 Å². The van der Waals surface area contributed by atoms with E-state index in [2.05, 4.69) is 49.3 Å². The third kappa shape index (κ3) is 3.71. The van der Waals surface area contributed by atoms with Gasteiger partial charge in [-0.3, -0.25) is 0 Å². The minimum Gasteiger partial charge on any atom is -0.380 e. The molecule has 1 aliphatic rings. The van der Waals surface area contributed by atoms with Gasteiger partial charge in [0.15, 0.2) is 5.21 Å². The first-order chi connectivity index (χ1) is 14.2. The molecule has 0 radical (unpaired) electrons. The van der Waals surface area contributed by atoms with E-state index in [4.69, 9.17) is 12.2 Å². The van der Waals surface area contributed by atoms with Crippen molar-refractivity contribution in [3.63, 3.8) is 0 Å². The number of aromatic nitrogens is 8. The Morgan fingerprint density at radius 1 is 1.10 bits per heavy atom. The normalized spacial score (nSPS) is 17.8. The van der Waals surface area contributed by atoms with E-state index in [0.29, 0.717) is 16.9 Å². The molecule has 0 amide bonds. The summed E-state index contributed by atoms with van der Waals surface area (Å²) in [6.45, 7) is 0. The molecular weight excluding hydrogens is 408 g/mol. The van der Waals surface area contributed by atoms with Crippen molar-refractivity contribution in [3.8, 4) is 11.4 Å². The molecule has 29 heavy (non-hydrogen) atoms. The third-order valence-electron chi connectivity index (χ3n) is 4.67. The molecule has 146 valence electrons. The van der Waals surface area contributed by atoms with Crippen molar-refractivity contribution in [2.24, 2.45) is 0 Å². The lowest BCUT2D eigenvalue weighted by molar-refractivity contribution is -0.670. The highest BCUT2D eigenvalue weighted by Gasteiger charge is 2.37. The number of rotatable bonds is 6. The lowest BCUT2D eigenvalue weighted by Gasteiger charge is -2.10. The van der Waals surface area contributed by atoms with Gasteiger partial charge in [0.25, 0.3) is 6.33 Å². The molecule has 2 heterocycles. The number of tetrazole rings is 2. The number of hydrogen-bond donors (Lipinski definition) is 4. The lowest BCUT2D eigenvalue weighted by atomic mass is 10.2. The molecular formula is C17H17N10S2+. The van der Waals surface area contributed by atoms with E-state index in [-0.39, 0.29) is 0 Å². The molecule has 0 spiro atoms. The first-order valence-corrected chi connectivity index (χ1v) is 9.74. The van der Waals surface area contributed by atoms with Crippen molar-refractivity contribution in [1.82, 2.24) is 34.7 Å². The van der Waals surface area contributed by atoms with Crippen molar-refractivity contribution in [2.75, 3.05) is 10.6 Å². The van der Waals surface area contributed by atoms with Crippen LogP contribution in [-0.4, -0.2) is 46.8 Å². The largest absolute Gasteiger partial charge is 0.380 e. The highest BCUT2D eigenvalue weighted by molar-refractivity contribution is 7.78. The van der Waals surface area contributed by atoms with Gasteiger partial charge in [-0.2, -0.15) is 5.21 Å². The number of nitrogens with zero attached hydrogens (tertiary/aromatic N) is 7. The molecule has 5 rings (SSSR count). The highest BCUT2D eigenvalue weighted by Crippen LogP contribution is 2.30. The maximum atomic E-state index is 5.16. The smallest absolute Gasteiger partial charge is 0.294 e. The van der Waals surface area contributed by atoms with Crippen molar-refractivity contribution >= 4 is 36.4 Å². The van der Waals surface area contributed by atoms with Crippen LogP contribution in [0.4, 0.5) is 11.4 Å². The fourth-order valence-electron chi connectivity index (χ4n) is 3.16. The van der Waals surface area contributed by atoms with Gasteiger partial charge in [0.05, 0.1) is 5.69 Å². The van der Waals surface area contributed by atoms with Crippen LogP contribution in [0.5, 0.6) is 0 Å². The van der Waals surface area contributed by atoms with Crippen molar-refractivity contribution in [3.05, 3.63) is 59.6 Å². The Bertz CT molecular complexity index is 1210. The molecule has 0 aliphatic heterocycles. The van der Waals surface area contributed by atoms with E-state index in [9.17, 15) is 0 Å². The quantitative estimate of drug-likeness (QED) is 0.211. The van der Waals surface area contributed by atoms with Crippen molar-refractivity contribution in [1.29, 1.82) is 0 Å². The standard InChI is InChI=1S/C17H16N10S2/c28-17-21-22-24-26(17)14-6-2-4-12(8-14)20-16-9-15(16)19-11-3-1-5-13(7-11)25-10-18-23-27(25)29/h1-8,10,15-16,19-20H,9H2,(H-,21,23,24,28,29)/p+1. The molecule has 3 N–H and O–H groups in total. The second-order valence-electron chi connectivity index (χ2n) is 6.69. The number of hydrogen-bond acceptors (Lipinski definition) is 8. The van der Waals surface area contributed by atoms with Crippen molar-refractivity contribution in [2.45, 2.75) is 18.5 Å². The molecule has 2 aromatic heterocycles. The maximum absolute atomic E-state index is 5.16. The van der Waals surface area contributed by atoms with Crippen molar-refractivity contribution < 1.29 is 4.68 Å². The summed E-state index contributed by atoms with van der Waals surface area (Å²) in [7, 11) is 0. The topological polar surface area (TPSA) is 105 Å². The van der Waals surface area contributed by atoms with Crippen LogP contribution in [0.3, 0.4) is 0 Å². The first kappa shape index (κ1) is 17.8. The predicted octanol–water partition coefficient (Wildman–Crippen LogP) is 1.55. The Kier molecular flexibility index (Phi) is 4.48. The van der Waals surface area contributed by atoms with E-state index < -0.39 is 0 Å². The van der Waals surface area contributed by atoms with Crippen LogP contribution in [0.25, 0.3) is 11.4 Å². The van der Waals surface area contributed by atoms with Gasteiger partial charge < -0.3 is 10.6 Å². The van der Waals surface area contributed by atoms with Crippen LogP contribution >= 0.6 is 25.0 Å². The monoisotopic (exact) mass is 425 g/mol. The van der Waals surface area contributed by atoms with Gasteiger partial charge in [0, 0.05) is 46.5 Å². The summed E-state index contributed by atoms with van der Waals surface area (Å²) in [5.74, 6) is 0. The molecule has 10 nitrogen and oxygen atoms in total. The molecule has 4 aromatic rings. The van der Waals surface area contributed by atoms with Gasteiger partial charge in [-0.1, -0.05) is 22.4 Å². The van der Waals surface area contributed by atoms with Crippen LogP contribution < -0.4 is 15.3 Å². The number of nitrogens with one attached hydrogen (secondary N) is 3. The molecule has 1 fully saturated rings. The predicted molar refractivity (Wildman–Crippen MR) is 112 cm³/mol. The van der Waals surface area contributed by atoms with Gasteiger partial charge in [-0.15, -0.1) is 4.68 Å². The third-order valence-corrected chi connectivity index (χ3v) is 5.20. The summed E-state index contributed by atoms with van der Waals surface area (Å²) >= 11 is 9.40. The summed E-state index contributed by atoms with van der Waals surface area (Å²) in [5.41, 5.74) is 3.86. The van der Waals surface area contributed by atoms with E-state index in [0.717, 1.165) is 29.2 Å². The van der Waals surface area contributed by atoms with E-state index in [1.807, 2.05) is 48.5 Å². The summed E-state index contributed by atoms with van der Waals surface area (Å²) in [4.78, 5) is 0. The number of anilines is 2. The van der Waals surface area contributed by atoms with Crippen LogP contribution in [-0.2, 0) is 0 Å². The van der Waals surface area contributed by atoms with Gasteiger partial charge in [0.2, 0.25) is 4.77 Å². The Balaban J connectivity index is 1.25. The van der Waals surface area contributed by atoms with Gasteiger partial charge in [-0.25, -0.2) is 4.68 Å². The Hall–Kier alpha value is -3.25. The molecule has 1 saturated carbocycles. The number of H-pyrrole nitrogens is 1. The Morgan fingerprint density at radius 2 is 1.86 bits per heavy atom. The second kappa shape index (κ2) is 7.29. The zero-order chi connectivity index (χ0) is 19.8. The van der Waals surface area contributed by atoms with Crippen LogP contribution in [0.1, 0.15) is 6.42 Å². The average molecular weight is 426 g/mol. The first-order valence-electron chi connectivity index (χ1n) is 8.93. The zero-order valence-electron chi connectivity index (χ0n) is 15.0. The molecule has 0 saturated heterocycles. The highest BCUT2D eigenvalue weighted by atomic mass is 32.1. The van der Waals surface area contributed by atoms with E-state index in [1.54, 1.807) is 15.7 Å². The maximum Gasteiger partial charge on any atom is 0.294 e. The minimum atomic E-state index is 0.339. The summed E-state index contributed by atoms with van der Waals surface area (Å²) in [5, 5.41) is 25.1. The molecule has 0 bridgehead atoms. The lowest BCUT2D eigenvalue weighted by Crippen LogP contribution is -2.37. The van der Waals surface area contributed by atoms with Crippen LogP contribution in [0, 0.1) is 4.77 Å². The SMILES string of the molecule is S=c1nn[nH]n1-c1cccc(NC2CC2Nc2cccc(-[n+]3cnnn3S)c2)c1. The average Bonchev–Trinajstić information content (AvgIpc) is 3.09. The Morgan fingerprint density at radius 3 is 2.55 bits per heavy atom. The van der Waals surface area contributed by atoms with Gasteiger partial charge >= 0.3 is 0 Å². The number of thiol groups is 1. The molecule has 2 unspecified atom stereocenters. The number of benzene rings is 2. The summed E-state index contributed by atoms with van der Waals surface area (Å²) in [6.07, 6.45) is 2.64. The minimum absolute atomic E-state index is 0.339. The summed E-state index contributed by atoms with van der Waals surface area (Å²) < 4.78 is 5.18. The summed E-state index contributed by atoms with van der Waals surface area (Å²) in [6, 6.07) is 16.7. The van der Waals surface area contributed by atoms with Gasteiger partial charge in [0.1, 0.15) is 10.8 Å². The zero-order valence-corrected chi connectivity index (χ0v) is 16.8. The number of aromatic amines is 1. The molecule has 12 heteroatoms. The Labute approximate surface area is 176 Å². The van der Waals surface area contributed by atoms with E-state index >= 15 is 0 Å². The van der Waals surface area contributed by atoms with Crippen LogP contribution in [0.2, 0.25) is 0 Å². The molecule has 2 atom stereocenters. The fourth-order valence-corrected chi connectivity index (χ4v) is 3.54. The molecule has 1 aliphatic carbocycles. The molecule has 2 aromatic carbocycles. The van der Waals surface area contributed by atoms with Gasteiger partial charge in [-0.05, 0) is 49.0 Å². The second-order valence-corrected chi connectivity index (χ2v) is 7.41. The fraction of sp³-hybridized carbons (Fsp3) is 0.176.